The molecule has 90 valence electrons. The van der Waals surface area contributed by atoms with E-state index in [1.807, 2.05) is 13.8 Å². The van der Waals surface area contributed by atoms with Crippen LogP contribution in [0.3, 0.4) is 0 Å². The average molecular weight is 245 g/mol. The summed E-state index contributed by atoms with van der Waals surface area (Å²) in [7, 11) is 0. The first kappa shape index (κ1) is 13.2. The van der Waals surface area contributed by atoms with Gasteiger partial charge in [0.25, 0.3) is 0 Å². The van der Waals surface area contributed by atoms with Crippen molar-refractivity contribution in [3.8, 4) is 0 Å². The highest BCUT2D eigenvalue weighted by Crippen LogP contribution is 2.27. The number of pyridine rings is 1. The van der Waals surface area contributed by atoms with Crippen molar-refractivity contribution in [3.05, 3.63) is 22.8 Å². The fourth-order valence-electron chi connectivity index (χ4n) is 1.55. The lowest BCUT2D eigenvalue weighted by Gasteiger charge is -2.22. The molecule has 4 nitrogen and oxygen atoms in total. The quantitative estimate of drug-likeness (QED) is 0.833. The minimum Gasteiger partial charge on any atom is -0.386 e. The third-order valence-electron chi connectivity index (χ3n) is 2.37. The number of aliphatic hydroxyl groups is 1. The predicted molar refractivity (Wildman–Crippen MR) is 64.3 cm³/mol. The molecule has 0 saturated carbocycles. The molecule has 5 heteroatoms. The number of rotatable bonds is 5. The summed E-state index contributed by atoms with van der Waals surface area (Å²) < 4.78 is 5.43. The van der Waals surface area contributed by atoms with E-state index < -0.39 is 6.10 Å². The third-order valence-corrected chi connectivity index (χ3v) is 2.58. The normalized spacial score (nSPS) is 14.8. The molecule has 1 rings (SSSR count). The van der Waals surface area contributed by atoms with E-state index in [0.29, 0.717) is 23.6 Å². The number of nitrogens with zero attached hydrogens (tertiary/aromatic N) is 1. The molecule has 2 unspecified atom stereocenters. The third kappa shape index (κ3) is 3.07. The molecule has 3 N–H and O–H groups in total. The first-order valence-corrected chi connectivity index (χ1v) is 5.68. The number of nitrogen functional groups attached to an aromatic ring is 1. The van der Waals surface area contributed by atoms with Gasteiger partial charge in [-0.25, -0.2) is 4.98 Å². The molecule has 0 amide bonds. The lowest BCUT2D eigenvalue weighted by molar-refractivity contribution is -0.0353. The van der Waals surface area contributed by atoms with E-state index in [4.69, 9.17) is 22.1 Å². The molecule has 0 fully saturated rings. The molecule has 0 aromatic carbocycles. The molecule has 1 aromatic heterocycles. The average Bonchev–Trinajstić information content (AvgIpc) is 2.28. The maximum absolute atomic E-state index is 10.1. The fourth-order valence-corrected chi connectivity index (χ4v) is 1.72. The minimum atomic E-state index is -0.795. The molecular formula is C11H17ClN2O2. The summed E-state index contributed by atoms with van der Waals surface area (Å²) >= 11 is 5.82. The molecule has 0 spiro atoms. The van der Waals surface area contributed by atoms with Crippen molar-refractivity contribution in [2.24, 2.45) is 0 Å². The molecule has 0 aliphatic carbocycles. The van der Waals surface area contributed by atoms with Crippen LogP contribution in [0.2, 0.25) is 5.02 Å². The second kappa shape index (κ2) is 6.03. The zero-order valence-corrected chi connectivity index (χ0v) is 10.2. The van der Waals surface area contributed by atoms with Gasteiger partial charge in [0.05, 0.1) is 11.1 Å². The Morgan fingerprint density at radius 1 is 1.56 bits per heavy atom. The molecule has 0 aliphatic heterocycles. The van der Waals surface area contributed by atoms with Crippen LogP contribution in [0, 0.1) is 0 Å². The lowest BCUT2D eigenvalue weighted by atomic mass is 10.0. The minimum absolute atomic E-state index is 0.285. The van der Waals surface area contributed by atoms with Gasteiger partial charge in [0.1, 0.15) is 11.9 Å². The number of hydrogen-bond acceptors (Lipinski definition) is 4. The lowest BCUT2D eigenvalue weighted by Crippen LogP contribution is -2.22. The molecule has 2 atom stereocenters. The molecule has 0 radical (unpaired) electrons. The standard InChI is InChI=1S/C11H17ClN2O2/c1-3-9(16-4-2)10(15)8-5-7(12)6-14-11(8)13/h5-6,9-10,15H,3-4H2,1-2H3,(H2,13,14). The summed E-state index contributed by atoms with van der Waals surface area (Å²) in [5.41, 5.74) is 6.21. The molecule has 0 bridgehead atoms. The second-order valence-corrected chi connectivity index (χ2v) is 3.91. The number of ether oxygens (including phenoxy) is 1. The van der Waals surface area contributed by atoms with Crippen LogP contribution in [0.15, 0.2) is 12.3 Å². The van der Waals surface area contributed by atoms with Crippen LogP contribution in [0.5, 0.6) is 0 Å². The van der Waals surface area contributed by atoms with Gasteiger partial charge in [0, 0.05) is 18.4 Å². The summed E-state index contributed by atoms with van der Waals surface area (Å²) in [6, 6.07) is 1.62. The van der Waals surface area contributed by atoms with Gasteiger partial charge in [-0.15, -0.1) is 0 Å². The van der Waals surface area contributed by atoms with Gasteiger partial charge in [0.2, 0.25) is 0 Å². The van der Waals surface area contributed by atoms with Gasteiger partial charge in [0.15, 0.2) is 0 Å². The zero-order valence-electron chi connectivity index (χ0n) is 9.48. The molecule has 0 aliphatic rings. The van der Waals surface area contributed by atoms with Gasteiger partial charge in [-0.2, -0.15) is 0 Å². The Morgan fingerprint density at radius 2 is 2.25 bits per heavy atom. The van der Waals surface area contributed by atoms with Gasteiger partial charge >= 0.3 is 0 Å². The first-order chi connectivity index (χ1) is 7.60. The van der Waals surface area contributed by atoms with Crippen LogP contribution in [0.4, 0.5) is 5.82 Å². The van der Waals surface area contributed by atoms with Gasteiger partial charge < -0.3 is 15.6 Å². The Hall–Kier alpha value is -0.840. The number of aliphatic hydroxyl groups excluding tert-OH is 1. The maximum atomic E-state index is 10.1. The summed E-state index contributed by atoms with van der Waals surface area (Å²) in [5.74, 6) is 0.287. The van der Waals surface area contributed by atoms with Crippen molar-refractivity contribution in [1.29, 1.82) is 0 Å². The van der Waals surface area contributed by atoms with Crippen LogP contribution in [0.1, 0.15) is 31.9 Å². The molecular weight excluding hydrogens is 228 g/mol. The van der Waals surface area contributed by atoms with E-state index in [0.717, 1.165) is 0 Å². The predicted octanol–water partition coefficient (Wildman–Crippen LogP) is 2.17. The highest BCUT2D eigenvalue weighted by molar-refractivity contribution is 6.30. The Kier molecular flexibility index (Phi) is 4.99. The summed E-state index contributed by atoms with van der Waals surface area (Å²) in [5, 5.41) is 10.6. The van der Waals surface area contributed by atoms with Crippen molar-refractivity contribution in [2.45, 2.75) is 32.5 Å². The largest absolute Gasteiger partial charge is 0.386 e. The highest BCUT2D eigenvalue weighted by Gasteiger charge is 2.22. The Bertz CT molecular complexity index is 347. The highest BCUT2D eigenvalue weighted by atomic mass is 35.5. The van der Waals surface area contributed by atoms with Crippen LogP contribution >= 0.6 is 11.6 Å². The van der Waals surface area contributed by atoms with E-state index in [2.05, 4.69) is 4.98 Å². The van der Waals surface area contributed by atoms with Crippen LogP contribution in [-0.4, -0.2) is 22.8 Å². The van der Waals surface area contributed by atoms with E-state index in [1.54, 1.807) is 6.07 Å². The van der Waals surface area contributed by atoms with Crippen molar-refractivity contribution >= 4 is 17.4 Å². The van der Waals surface area contributed by atoms with Crippen LogP contribution < -0.4 is 5.73 Å². The first-order valence-electron chi connectivity index (χ1n) is 5.30. The Balaban J connectivity index is 2.93. The van der Waals surface area contributed by atoms with E-state index in [1.165, 1.54) is 6.20 Å². The van der Waals surface area contributed by atoms with Crippen molar-refractivity contribution in [3.63, 3.8) is 0 Å². The van der Waals surface area contributed by atoms with E-state index in [9.17, 15) is 5.11 Å². The number of anilines is 1. The van der Waals surface area contributed by atoms with Crippen molar-refractivity contribution < 1.29 is 9.84 Å². The van der Waals surface area contributed by atoms with E-state index in [-0.39, 0.29) is 11.9 Å². The zero-order chi connectivity index (χ0) is 12.1. The van der Waals surface area contributed by atoms with E-state index >= 15 is 0 Å². The van der Waals surface area contributed by atoms with Crippen LogP contribution in [0.25, 0.3) is 0 Å². The van der Waals surface area contributed by atoms with Crippen molar-refractivity contribution in [1.82, 2.24) is 4.98 Å². The number of hydrogen-bond donors (Lipinski definition) is 2. The molecule has 1 heterocycles. The second-order valence-electron chi connectivity index (χ2n) is 3.47. The smallest absolute Gasteiger partial charge is 0.129 e. The number of aromatic nitrogens is 1. The number of nitrogens with two attached hydrogens (primary N) is 1. The van der Waals surface area contributed by atoms with Crippen molar-refractivity contribution in [2.75, 3.05) is 12.3 Å². The Labute approximate surface area is 100 Å². The van der Waals surface area contributed by atoms with Crippen LogP contribution in [-0.2, 0) is 4.74 Å². The monoisotopic (exact) mass is 244 g/mol. The summed E-state index contributed by atoms with van der Waals surface area (Å²) in [4.78, 5) is 3.91. The maximum Gasteiger partial charge on any atom is 0.129 e. The molecule has 16 heavy (non-hydrogen) atoms. The molecule has 0 saturated heterocycles. The SMILES string of the molecule is CCOC(CC)C(O)c1cc(Cl)cnc1N. The topological polar surface area (TPSA) is 68.4 Å². The van der Waals surface area contributed by atoms with Gasteiger partial charge in [-0.05, 0) is 19.4 Å². The number of halogens is 1. The van der Waals surface area contributed by atoms with Gasteiger partial charge in [-0.1, -0.05) is 18.5 Å². The summed E-state index contributed by atoms with van der Waals surface area (Å²) in [6.07, 6.45) is 1.07. The molecule has 1 aromatic rings. The summed E-state index contributed by atoms with van der Waals surface area (Å²) in [6.45, 7) is 4.37. The Morgan fingerprint density at radius 3 is 2.81 bits per heavy atom. The fraction of sp³-hybridized carbons (Fsp3) is 0.545. The van der Waals surface area contributed by atoms with Gasteiger partial charge in [-0.3, -0.25) is 0 Å².